The summed E-state index contributed by atoms with van der Waals surface area (Å²) in [6.07, 6.45) is -1.02. The number of carbonyl (C=O) groups excluding carboxylic acids is 1. The molecule has 0 spiro atoms. The highest BCUT2D eigenvalue weighted by atomic mass is 127. The third-order valence-corrected chi connectivity index (χ3v) is 3.87. The quantitative estimate of drug-likeness (QED) is 0.598. The molecular weight excluding hydrogens is 359 g/mol. The van der Waals surface area contributed by atoms with Gasteiger partial charge in [0.1, 0.15) is 5.69 Å². The fourth-order valence-corrected chi connectivity index (χ4v) is 1.76. The maximum Gasteiger partial charge on any atom is 0.267 e. The highest BCUT2D eigenvalue weighted by Crippen LogP contribution is 2.30. The fourth-order valence-electron chi connectivity index (χ4n) is 0.795. The molecule has 1 heterocycles. The van der Waals surface area contributed by atoms with Crippen LogP contribution in [-0.4, -0.2) is 11.3 Å². The van der Waals surface area contributed by atoms with Crippen LogP contribution in [0, 0.1) is 3.57 Å². The first kappa shape index (κ1) is 11.0. The molecule has 0 bridgehead atoms. The van der Waals surface area contributed by atoms with Gasteiger partial charge in [0.2, 0.25) is 0 Å². The Morgan fingerprint density at radius 2 is 2.23 bits per heavy atom. The van der Waals surface area contributed by atoms with Crippen molar-refractivity contribution < 1.29 is 13.6 Å². The van der Waals surface area contributed by atoms with Crippen molar-refractivity contribution in [3.05, 3.63) is 25.5 Å². The molecule has 0 saturated carbocycles. The van der Waals surface area contributed by atoms with Crippen LogP contribution in [0.5, 0.6) is 0 Å². The Morgan fingerprint density at radius 1 is 1.62 bits per heavy atom. The minimum atomic E-state index is -2.68. The number of aldehydes is 1. The predicted molar refractivity (Wildman–Crippen MR) is 55.0 cm³/mol. The monoisotopic (exact) mass is 361 g/mol. The summed E-state index contributed by atoms with van der Waals surface area (Å²) in [5.41, 5.74) is -0.521. The normalized spacial score (nSPS) is 10.5. The molecule has 0 N–H and O–H groups in total. The van der Waals surface area contributed by atoms with E-state index in [-0.39, 0.29) is 11.3 Å². The van der Waals surface area contributed by atoms with Crippen molar-refractivity contribution in [2.75, 3.05) is 0 Å². The van der Waals surface area contributed by atoms with Crippen LogP contribution < -0.4 is 0 Å². The molecule has 0 fully saturated rings. The molecule has 0 aliphatic heterocycles. The van der Waals surface area contributed by atoms with Gasteiger partial charge in [-0.25, -0.2) is 8.78 Å². The average Bonchev–Trinajstić information content (AvgIpc) is 2.08. The third kappa shape index (κ3) is 2.22. The zero-order valence-electron chi connectivity index (χ0n) is 6.10. The zero-order valence-corrected chi connectivity index (χ0v) is 9.84. The molecule has 6 heteroatoms. The highest BCUT2D eigenvalue weighted by Gasteiger charge is 2.19. The lowest BCUT2D eigenvalue weighted by Crippen LogP contribution is -2.00. The second kappa shape index (κ2) is 4.41. The highest BCUT2D eigenvalue weighted by molar-refractivity contribution is 14.1. The molecule has 0 aliphatic rings. The van der Waals surface area contributed by atoms with Gasteiger partial charge < -0.3 is 0 Å². The van der Waals surface area contributed by atoms with Crippen molar-refractivity contribution in [2.45, 2.75) is 6.43 Å². The van der Waals surface area contributed by atoms with E-state index in [1.54, 1.807) is 22.6 Å². The van der Waals surface area contributed by atoms with Crippen molar-refractivity contribution >= 4 is 44.8 Å². The van der Waals surface area contributed by atoms with Gasteiger partial charge in [-0.05, 0) is 38.5 Å². The van der Waals surface area contributed by atoms with E-state index in [1.807, 2.05) is 0 Å². The molecule has 0 radical (unpaired) electrons. The van der Waals surface area contributed by atoms with Crippen molar-refractivity contribution in [3.8, 4) is 0 Å². The summed E-state index contributed by atoms with van der Waals surface area (Å²) >= 11 is 4.80. The van der Waals surface area contributed by atoms with E-state index in [0.29, 0.717) is 14.3 Å². The Hall–Kier alpha value is -0.110. The first-order valence-corrected chi connectivity index (χ1v) is 5.02. The van der Waals surface area contributed by atoms with Gasteiger partial charge in [-0.2, -0.15) is 0 Å². The smallest absolute Gasteiger partial charge is 0.267 e. The number of halogens is 4. The van der Waals surface area contributed by atoms with Gasteiger partial charge in [0.25, 0.3) is 6.43 Å². The maximum atomic E-state index is 12.4. The van der Waals surface area contributed by atoms with Crippen molar-refractivity contribution in [1.29, 1.82) is 0 Å². The Morgan fingerprint density at radius 3 is 2.69 bits per heavy atom. The molecule has 0 saturated heterocycles. The number of rotatable bonds is 2. The van der Waals surface area contributed by atoms with E-state index in [0.717, 1.165) is 0 Å². The summed E-state index contributed by atoms with van der Waals surface area (Å²) in [5, 5.41) is 0. The first-order valence-electron chi connectivity index (χ1n) is 3.15. The summed E-state index contributed by atoms with van der Waals surface area (Å²) < 4.78 is 25.7. The summed E-state index contributed by atoms with van der Waals surface area (Å²) in [6, 6.07) is 0. The lowest BCUT2D eigenvalue weighted by atomic mass is 10.2. The molecule has 2 nitrogen and oxygen atoms in total. The van der Waals surface area contributed by atoms with Crippen LogP contribution in [-0.2, 0) is 0 Å². The molecule has 0 aromatic carbocycles. The number of hydrogen-bond acceptors (Lipinski definition) is 2. The second-order valence-electron chi connectivity index (χ2n) is 2.14. The van der Waals surface area contributed by atoms with Crippen LogP contribution in [0.2, 0.25) is 0 Å². The lowest BCUT2D eigenvalue weighted by Gasteiger charge is -2.06. The van der Waals surface area contributed by atoms with Gasteiger partial charge in [-0.15, -0.1) is 0 Å². The van der Waals surface area contributed by atoms with Crippen LogP contribution >= 0.6 is 38.5 Å². The number of aromatic nitrogens is 1. The number of pyridine rings is 1. The average molecular weight is 362 g/mol. The first-order chi connectivity index (χ1) is 6.07. The molecule has 0 amide bonds. The number of hydrogen-bond donors (Lipinski definition) is 0. The molecular formula is C7H3BrF2INO. The van der Waals surface area contributed by atoms with Crippen LogP contribution in [0.1, 0.15) is 22.5 Å². The van der Waals surface area contributed by atoms with Crippen LogP contribution in [0.25, 0.3) is 0 Å². The largest absolute Gasteiger partial charge is 0.296 e. The number of alkyl halides is 2. The van der Waals surface area contributed by atoms with Crippen molar-refractivity contribution in [1.82, 2.24) is 4.98 Å². The van der Waals surface area contributed by atoms with Gasteiger partial charge in [0.05, 0.1) is 5.56 Å². The predicted octanol–water partition coefficient (Wildman–Crippen LogP) is 3.20. The Labute approximate surface area is 95.0 Å². The molecule has 0 atom stereocenters. The van der Waals surface area contributed by atoms with Crippen molar-refractivity contribution in [3.63, 3.8) is 0 Å². The summed E-state index contributed by atoms with van der Waals surface area (Å²) in [4.78, 5) is 14.0. The summed E-state index contributed by atoms with van der Waals surface area (Å²) in [7, 11) is 0. The van der Waals surface area contributed by atoms with Crippen LogP contribution in [0.3, 0.4) is 0 Å². The Balaban J connectivity index is 3.41. The Bertz CT molecular complexity index is 346. The van der Waals surface area contributed by atoms with E-state index in [1.165, 1.54) is 6.20 Å². The third-order valence-electron chi connectivity index (χ3n) is 1.37. The minimum absolute atomic E-state index is 0.206. The van der Waals surface area contributed by atoms with E-state index in [9.17, 15) is 13.6 Å². The molecule has 1 aromatic rings. The topological polar surface area (TPSA) is 30.0 Å². The zero-order chi connectivity index (χ0) is 10.0. The molecule has 1 aromatic heterocycles. The van der Waals surface area contributed by atoms with E-state index >= 15 is 0 Å². The van der Waals surface area contributed by atoms with E-state index in [2.05, 4.69) is 20.9 Å². The number of nitrogens with zero attached hydrogens (tertiary/aromatic N) is 1. The van der Waals surface area contributed by atoms with Crippen LogP contribution in [0.4, 0.5) is 8.78 Å². The molecule has 70 valence electrons. The minimum Gasteiger partial charge on any atom is -0.296 e. The van der Waals surface area contributed by atoms with E-state index in [4.69, 9.17) is 0 Å². The summed E-state index contributed by atoms with van der Waals surface area (Å²) in [6.45, 7) is 0. The van der Waals surface area contributed by atoms with Crippen LogP contribution in [0.15, 0.2) is 10.7 Å². The molecule has 0 aliphatic carbocycles. The molecule has 13 heavy (non-hydrogen) atoms. The second-order valence-corrected chi connectivity index (χ2v) is 4.07. The molecule has 1 rings (SSSR count). The SMILES string of the molecule is O=Cc1ncc(Br)c(I)c1C(F)F. The fraction of sp³-hybridized carbons (Fsp3) is 0.143. The standard InChI is InChI=1S/C7H3BrF2INO/c8-3-1-12-4(2-13)5(6(3)11)7(9)10/h1-2,7H. The van der Waals surface area contributed by atoms with Gasteiger partial charge >= 0.3 is 0 Å². The number of carbonyl (C=O) groups is 1. The summed E-state index contributed by atoms with van der Waals surface area (Å²) in [5.74, 6) is 0. The van der Waals surface area contributed by atoms with Gasteiger partial charge in [0, 0.05) is 14.2 Å². The van der Waals surface area contributed by atoms with Gasteiger partial charge in [-0.3, -0.25) is 9.78 Å². The maximum absolute atomic E-state index is 12.4. The van der Waals surface area contributed by atoms with Gasteiger partial charge in [0.15, 0.2) is 6.29 Å². The Kier molecular flexibility index (Phi) is 3.72. The lowest BCUT2D eigenvalue weighted by molar-refractivity contribution is 0.110. The van der Waals surface area contributed by atoms with Crippen molar-refractivity contribution in [2.24, 2.45) is 0 Å². The molecule has 0 unspecified atom stereocenters. The van der Waals surface area contributed by atoms with E-state index < -0.39 is 6.43 Å². The van der Waals surface area contributed by atoms with Gasteiger partial charge in [-0.1, -0.05) is 0 Å².